The van der Waals surface area contributed by atoms with E-state index >= 15 is 0 Å². The van der Waals surface area contributed by atoms with Gasteiger partial charge in [-0.25, -0.2) is 4.98 Å². The van der Waals surface area contributed by atoms with Gasteiger partial charge >= 0.3 is 0 Å². The average Bonchev–Trinajstić information content (AvgIpc) is 2.82. The second-order valence-corrected chi connectivity index (χ2v) is 9.56. The summed E-state index contributed by atoms with van der Waals surface area (Å²) >= 11 is 0. The molecule has 1 aliphatic heterocycles. The number of para-hydroxylation sites is 1. The number of hydrogen-bond donors (Lipinski definition) is 1. The Balaban J connectivity index is 1.72. The van der Waals surface area contributed by atoms with Gasteiger partial charge in [0.15, 0.2) is 5.78 Å². The minimum atomic E-state index is -0.738. The van der Waals surface area contributed by atoms with Crippen LogP contribution in [0.3, 0.4) is 0 Å². The van der Waals surface area contributed by atoms with E-state index in [0.717, 1.165) is 10.9 Å². The minimum absolute atomic E-state index is 0.00491. The molecule has 1 aromatic heterocycles. The molecular weight excluding hydrogens is 442 g/mol. The first-order valence-electron chi connectivity index (χ1n) is 11.3. The van der Waals surface area contributed by atoms with Crippen LogP contribution in [0.5, 0.6) is 17.4 Å². The topological polar surface area (TPSA) is 107 Å². The van der Waals surface area contributed by atoms with Gasteiger partial charge in [-0.05, 0) is 41.8 Å². The Morgan fingerprint density at radius 1 is 1.11 bits per heavy atom. The monoisotopic (exact) mass is 467 g/mol. The summed E-state index contributed by atoms with van der Waals surface area (Å²) in [5.74, 6) is 1.25. The van der Waals surface area contributed by atoms with Gasteiger partial charge in [0.05, 0.1) is 18.5 Å². The maximum atomic E-state index is 13.4. The molecule has 5 rings (SSSR count). The number of carbonyl (C=O) groups is 1. The lowest BCUT2D eigenvalue weighted by Crippen LogP contribution is -2.33. The van der Waals surface area contributed by atoms with Crippen LogP contribution >= 0.6 is 0 Å². The molecule has 0 fully saturated rings. The van der Waals surface area contributed by atoms with Crippen molar-refractivity contribution in [2.45, 2.75) is 32.6 Å². The molecule has 1 aliphatic carbocycles. The molecule has 7 nitrogen and oxygen atoms in total. The third-order valence-electron chi connectivity index (χ3n) is 6.38. The zero-order valence-electron chi connectivity index (χ0n) is 19.8. The van der Waals surface area contributed by atoms with Gasteiger partial charge in [-0.1, -0.05) is 32.0 Å². The van der Waals surface area contributed by atoms with Gasteiger partial charge in [0.1, 0.15) is 28.9 Å². The molecule has 176 valence electrons. The number of methoxy groups -OCH3 is 1. The summed E-state index contributed by atoms with van der Waals surface area (Å²) in [5.41, 5.74) is 7.89. The number of aromatic nitrogens is 1. The first-order chi connectivity index (χ1) is 16.8. The maximum absolute atomic E-state index is 13.4. The molecule has 2 aliphatic rings. The molecule has 0 spiro atoms. The van der Waals surface area contributed by atoms with Crippen LogP contribution < -0.4 is 15.2 Å². The van der Waals surface area contributed by atoms with Crippen LogP contribution in [0.4, 0.5) is 0 Å². The number of nitriles is 1. The summed E-state index contributed by atoms with van der Waals surface area (Å²) in [6, 6.07) is 18.8. The van der Waals surface area contributed by atoms with Crippen molar-refractivity contribution < 1.29 is 19.0 Å². The van der Waals surface area contributed by atoms with Crippen LogP contribution in [0.2, 0.25) is 0 Å². The standard InChI is InChI=1S/C28H25N3O4/c1-28(2)13-22(32)25-23(14-28)35-26(30)20(15-29)24(25)19-12-16-6-4-5-7-21(16)31-27(19)34-18-10-8-17(33-3)9-11-18/h4-12,24H,13-14,30H2,1-3H3. The summed E-state index contributed by atoms with van der Waals surface area (Å²) in [6.45, 7) is 4.03. The summed E-state index contributed by atoms with van der Waals surface area (Å²) in [7, 11) is 1.60. The molecular formula is C28H25N3O4. The van der Waals surface area contributed by atoms with E-state index in [-0.39, 0.29) is 22.7 Å². The van der Waals surface area contributed by atoms with Crippen molar-refractivity contribution in [3.63, 3.8) is 0 Å². The predicted molar refractivity (Wildman–Crippen MR) is 131 cm³/mol. The van der Waals surface area contributed by atoms with E-state index < -0.39 is 5.92 Å². The van der Waals surface area contributed by atoms with Crippen molar-refractivity contribution in [2.75, 3.05) is 7.11 Å². The van der Waals surface area contributed by atoms with Gasteiger partial charge < -0.3 is 19.9 Å². The Kier molecular flexibility index (Phi) is 5.45. The van der Waals surface area contributed by atoms with Crippen molar-refractivity contribution >= 4 is 16.7 Å². The highest BCUT2D eigenvalue weighted by atomic mass is 16.5. The molecule has 0 saturated heterocycles. The van der Waals surface area contributed by atoms with E-state index in [4.69, 9.17) is 24.9 Å². The zero-order chi connectivity index (χ0) is 24.7. The Hall–Kier alpha value is -4.31. The largest absolute Gasteiger partial charge is 0.497 e. The number of Topliss-reactive ketones (excluding diaryl/α,β-unsaturated/α-hetero) is 1. The summed E-state index contributed by atoms with van der Waals surface area (Å²) < 4.78 is 17.3. The van der Waals surface area contributed by atoms with E-state index in [1.54, 1.807) is 31.4 Å². The highest BCUT2D eigenvalue weighted by Crippen LogP contribution is 2.50. The number of nitrogens with two attached hydrogens (primary N) is 1. The fraction of sp³-hybridized carbons (Fsp3) is 0.250. The first-order valence-corrected chi connectivity index (χ1v) is 11.3. The fourth-order valence-corrected chi connectivity index (χ4v) is 4.75. The van der Waals surface area contributed by atoms with Gasteiger partial charge in [0.25, 0.3) is 0 Å². The quantitative estimate of drug-likeness (QED) is 0.541. The van der Waals surface area contributed by atoms with Crippen LogP contribution in [-0.2, 0) is 9.53 Å². The van der Waals surface area contributed by atoms with Crippen molar-refractivity contribution in [1.29, 1.82) is 5.26 Å². The second kappa shape index (κ2) is 8.48. The normalized spacial score (nSPS) is 19.1. The Labute approximate surface area is 203 Å². The number of ketones is 1. The summed E-state index contributed by atoms with van der Waals surface area (Å²) in [5, 5.41) is 10.9. The molecule has 0 amide bonds. The number of ether oxygens (including phenoxy) is 3. The number of fused-ring (bicyclic) bond motifs is 1. The lowest BCUT2D eigenvalue weighted by atomic mass is 9.70. The number of nitrogens with zero attached hydrogens (tertiary/aromatic N) is 2. The van der Waals surface area contributed by atoms with Gasteiger partial charge in [0, 0.05) is 29.4 Å². The molecule has 3 aromatic rings. The van der Waals surface area contributed by atoms with Crippen LogP contribution in [0.15, 0.2) is 77.4 Å². The maximum Gasteiger partial charge on any atom is 0.224 e. The molecule has 2 N–H and O–H groups in total. The van der Waals surface area contributed by atoms with Crippen molar-refractivity contribution in [3.8, 4) is 23.4 Å². The molecule has 0 bridgehead atoms. The smallest absolute Gasteiger partial charge is 0.224 e. The van der Waals surface area contributed by atoms with Crippen LogP contribution in [0, 0.1) is 16.7 Å². The van der Waals surface area contributed by atoms with E-state index in [1.807, 2.05) is 44.2 Å². The third kappa shape index (κ3) is 4.08. The van der Waals surface area contributed by atoms with Crippen molar-refractivity contribution in [1.82, 2.24) is 4.98 Å². The van der Waals surface area contributed by atoms with Crippen molar-refractivity contribution in [2.24, 2.45) is 11.1 Å². The third-order valence-corrected chi connectivity index (χ3v) is 6.38. The lowest BCUT2D eigenvalue weighted by molar-refractivity contribution is -0.119. The summed E-state index contributed by atoms with van der Waals surface area (Å²) in [4.78, 5) is 18.2. The molecule has 0 saturated carbocycles. The number of benzene rings is 2. The van der Waals surface area contributed by atoms with E-state index in [1.165, 1.54) is 0 Å². The molecule has 7 heteroatoms. The highest BCUT2D eigenvalue weighted by Gasteiger charge is 2.44. The molecule has 35 heavy (non-hydrogen) atoms. The molecule has 1 atom stereocenters. The van der Waals surface area contributed by atoms with Gasteiger partial charge in [0.2, 0.25) is 11.8 Å². The number of pyridine rings is 1. The fourth-order valence-electron chi connectivity index (χ4n) is 4.75. The lowest BCUT2D eigenvalue weighted by Gasteiger charge is -2.37. The van der Waals surface area contributed by atoms with Crippen LogP contribution in [-0.4, -0.2) is 17.9 Å². The van der Waals surface area contributed by atoms with Gasteiger partial charge in [-0.3, -0.25) is 4.79 Å². The van der Waals surface area contributed by atoms with E-state index in [2.05, 4.69) is 6.07 Å². The zero-order valence-corrected chi connectivity index (χ0v) is 19.8. The molecule has 0 radical (unpaired) electrons. The van der Waals surface area contributed by atoms with Crippen LogP contribution in [0.25, 0.3) is 10.9 Å². The van der Waals surface area contributed by atoms with E-state index in [0.29, 0.717) is 47.1 Å². The molecule has 2 heterocycles. The predicted octanol–water partition coefficient (Wildman–Crippen LogP) is 5.49. The second-order valence-electron chi connectivity index (χ2n) is 9.56. The average molecular weight is 468 g/mol. The highest BCUT2D eigenvalue weighted by molar-refractivity contribution is 6.00. The Bertz CT molecular complexity index is 1450. The number of allylic oxidation sites excluding steroid dienone is 3. The summed E-state index contributed by atoms with van der Waals surface area (Å²) in [6.07, 6.45) is 0.889. The molecule has 1 unspecified atom stereocenters. The number of rotatable bonds is 4. The Morgan fingerprint density at radius 3 is 2.54 bits per heavy atom. The number of carbonyl (C=O) groups excluding carboxylic acids is 1. The van der Waals surface area contributed by atoms with Crippen LogP contribution in [0.1, 0.15) is 38.2 Å². The SMILES string of the molecule is COc1ccc(Oc2nc3ccccc3cc2C2C(C#N)=C(N)OC3=C2C(=O)CC(C)(C)C3)cc1. The van der Waals surface area contributed by atoms with E-state index in [9.17, 15) is 10.1 Å². The molecule has 2 aromatic carbocycles. The first kappa shape index (κ1) is 22.5. The van der Waals surface area contributed by atoms with Gasteiger partial charge in [-0.2, -0.15) is 5.26 Å². The van der Waals surface area contributed by atoms with Crippen molar-refractivity contribution in [3.05, 3.63) is 82.9 Å². The van der Waals surface area contributed by atoms with Gasteiger partial charge in [-0.15, -0.1) is 0 Å². The minimum Gasteiger partial charge on any atom is -0.497 e. The number of hydrogen-bond acceptors (Lipinski definition) is 7. The Morgan fingerprint density at radius 2 is 1.83 bits per heavy atom.